The molecule has 0 saturated carbocycles. The number of rotatable bonds is 8. The Morgan fingerprint density at radius 3 is 2.52 bits per heavy atom. The normalized spacial score (nSPS) is 12.1. The van der Waals surface area contributed by atoms with E-state index in [1.54, 1.807) is 38.1 Å². The van der Waals surface area contributed by atoms with E-state index in [9.17, 15) is 23.3 Å². The Bertz CT molecular complexity index is 1020. The molecule has 0 aliphatic rings. The number of sulfonamides is 1. The number of carbonyl (C=O) groups excluding carboxylic acids is 1. The van der Waals surface area contributed by atoms with Crippen LogP contribution in [-0.4, -0.2) is 38.2 Å². The van der Waals surface area contributed by atoms with Gasteiger partial charge in [0.15, 0.2) is 0 Å². The summed E-state index contributed by atoms with van der Waals surface area (Å²) >= 11 is 0. The van der Waals surface area contributed by atoms with Crippen molar-refractivity contribution < 1.29 is 22.9 Å². The molecule has 0 bridgehead atoms. The molecule has 1 atom stereocenters. The Kier molecular flexibility index (Phi) is 6.80. The monoisotopic (exact) mass is 421 g/mol. The fourth-order valence-electron chi connectivity index (χ4n) is 2.82. The van der Waals surface area contributed by atoms with Crippen LogP contribution in [0.15, 0.2) is 42.5 Å². The molecular weight excluding hydrogens is 398 g/mol. The van der Waals surface area contributed by atoms with Crippen LogP contribution in [0.4, 0.5) is 17.1 Å². The van der Waals surface area contributed by atoms with Crippen LogP contribution in [-0.2, 0) is 14.8 Å². The van der Waals surface area contributed by atoms with E-state index in [0.717, 1.165) is 16.6 Å². The van der Waals surface area contributed by atoms with E-state index in [4.69, 9.17) is 4.74 Å². The van der Waals surface area contributed by atoms with E-state index in [2.05, 4.69) is 5.32 Å². The zero-order valence-electron chi connectivity index (χ0n) is 16.6. The minimum absolute atomic E-state index is 0.0717. The minimum Gasteiger partial charge on any atom is -0.492 e. The summed E-state index contributed by atoms with van der Waals surface area (Å²) in [4.78, 5) is 23.4. The van der Waals surface area contributed by atoms with Crippen molar-refractivity contribution in [2.75, 3.05) is 22.5 Å². The van der Waals surface area contributed by atoms with Crippen molar-refractivity contribution >= 4 is 33.0 Å². The molecule has 0 unspecified atom stereocenters. The highest BCUT2D eigenvalue weighted by Gasteiger charge is 2.31. The van der Waals surface area contributed by atoms with Gasteiger partial charge in [-0.25, -0.2) is 8.42 Å². The van der Waals surface area contributed by atoms with Crippen molar-refractivity contribution in [3.63, 3.8) is 0 Å². The zero-order valence-corrected chi connectivity index (χ0v) is 17.4. The van der Waals surface area contributed by atoms with Crippen molar-refractivity contribution in [2.24, 2.45) is 0 Å². The molecule has 1 amide bonds. The van der Waals surface area contributed by atoms with Gasteiger partial charge in [-0.15, -0.1) is 0 Å². The maximum absolute atomic E-state index is 12.9. The molecule has 0 aromatic heterocycles. The van der Waals surface area contributed by atoms with Crippen molar-refractivity contribution in [2.45, 2.75) is 26.8 Å². The number of hydrogen-bond donors (Lipinski definition) is 1. The van der Waals surface area contributed by atoms with Crippen molar-refractivity contribution in [3.05, 3.63) is 58.1 Å². The maximum Gasteiger partial charge on any atom is 0.271 e. The Hall–Kier alpha value is -3.14. The fraction of sp³-hybridized carbons (Fsp3) is 0.316. The van der Waals surface area contributed by atoms with Gasteiger partial charge in [-0.3, -0.25) is 19.2 Å². The lowest BCUT2D eigenvalue weighted by molar-refractivity contribution is -0.384. The van der Waals surface area contributed by atoms with E-state index >= 15 is 0 Å². The quantitative estimate of drug-likeness (QED) is 0.517. The number of nitrogens with one attached hydrogen (secondary N) is 1. The molecule has 0 aliphatic carbocycles. The number of nitro groups is 1. The number of anilines is 2. The number of nitro benzene ring substituents is 1. The van der Waals surface area contributed by atoms with Gasteiger partial charge >= 0.3 is 0 Å². The van der Waals surface area contributed by atoms with Gasteiger partial charge in [-0.1, -0.05) is 18.2 Å². The summed E-state index contributed by atoms with van der Waals surface area (Å²) in [7, 11) is -3.92. The molecule has 2 aromatic rings. The largest absolute Gasteiger partial charge is 0.492 e. The first kappa shape index (κ1) is 22.2. The smallest absolute Gasteiger partial charge is 0.271 e. The second-order valence-corrected chi connectivity index (χ2v) is 8.24. The van der Waals surface area contributed by atoms with Crippen LogP contribution in [0, 0.1) is 17.0 Å². The molecule has 2 rings (SSSR count). The maximum atomic E-state index is 12.9. The van der Waals surface area contributed by atoms with Crippen LogP contribution in [0.2, 0.25) is 0 Å². The second-order valence-electron chi connectivity index (χ2n) is 6.38. The average molecular weight is 421 g/mol. The number of non-ortho nitro benzene ring substituents is 1. The van der Waals surface area contributed by atoms with Crippen LogP contribution in [0.1, 0.15) is 19.4 Å². The van der Waals surface area contributed by atoms with Crippen LogP contribution >= 0.6 is 0 Å². The topological polar surface area (TPSA) is 119 Å². The lowest BCUT2D eigenvalue weighted by Gasteiger charge is -2.29. The first-order valence-electron chi connectivity index (χ1n) is 8.83. The summed E-state index contributed by atoms with van der Waals surface area (Å²) in [6, 6.07) is 9.49. The third kappa shape index (κ3) is 5.23. The third-order valence-electron chi connectivity index (χ3n) is 4.17. The summed E-state index contributed by atoms with van der Waals surface area (Å²) in [6.45, 7) is 5.23. The first-order valence-corrected chi connectivity index (χ1v) is 10.7. The minimum atomic E-state index is -3.92. The third-order valence-corrected chi connectivity index (χ3v) is 5.40. The van der Waals surface area contributed by atoms with Crippen LogP contribution in [0.5, 0.6) is 5.75 Å². The number of carbonyl (C=O) groups is 1. The number of benzene rings is 2. The van der Waals surface area contributed by atoms with Gasteiger partial charge in [-0.05, 0) is 38.5 Å². The highest BCUT2D eigenvalue weighted by atomic mass is 32.2. The van der Waals surface area contributed by atoms with Crippen molar-refractivity contribution in [1.82, 2.24) is 0 Å². The molecule has 0 radical (unpaired) electrons. The highest BCUT2D eigenvalue weighted by Crippen LogP contribution is 2.30. The van der Waals surface area contributed by atoms with Crippen molar-refractivity contribution in [1.29, 1.82) is 0 Å². The van der Waals surface area contributed by atoms with Gasteiger partial charge in [0.2, 0.25) is 15.9 Å². The average Bonchev–Trinajstić information content (AvgIpc) is 2.63. The predicted molar refractivity (Wildman–Crippen MR) is 111 cm³/mol. The molecule has 0 heterocycles. The Labute approximate surface area is 169 Å². The lowest BCUT2D eigenvalue weighted by atomic mass is 10.1. The summed E-state index contributed by atoms with van der Waals surface area (Å²) < 4.78 is 31.3. The molecular formula is C19H23N3O6S. The molecule has 10 heteroatoms. The molecule has 1 N–H and O–H groups in total. The number of hydrogen-bond acceptors (Lipinski definition) is 6. The summed E-state index contributed by atoms with van der Waals surface area (Å²) in [5, 5.41) is 13.8. The summed E-state index contributed by atoms with van der Waals surface area (Å²) in [6.07, 6.45) is 0.948. The summed E-state index contributed by atoms with van der Waals surface area (Å²) in [5.74, 6) is -0.151. The van der Waals surface area contributed by atoms with Gasteiger partial charge < -0.3 is 10.1 Å². The lowest BCUT2D eigenvalue weighted by Crippen LogP contribution is -2.45. The fourth-order valence-corrected chi connectivity index (χ4v) is 4.04. The van der Waals surface area contributed by atoms with Gasteiger partial charge in [0, 0.05) is 12.1 Å². The van der Waals surface area contributed by atoms with Crippen LogP contribution in [0.25, 0.3) is 0 Å². The molecule has 9 nitrogen and oxygen atoms in total. The van der Waals surface area contributed by atoms with Gasteiger partial charge in [0.1, 0.15) is 11.8 Å². The number of amides is 1. The molecule has 156 valence electrons. The van der Waals surface area contributed by atoms with Gasteiger partial charge in [-0.2, -0.15) is 0 Å². The molecule has 0 spiro atoms. The molecule has 0 fully saturated rings. The molecule has 29 heavy (non-hydrogen) atoms. The highest BCUT2D eigenvalue weighted by molar-refractivity contribution is 7.92. The van der Waals surface area contributed by atoms with E-state index in [0.29, 0.717) is 23.6 Å². The Balaban J connectivity index is 2.43. The SMILES string of the molecule is CCOc1ccccc1NC(=O)[C@@H](C)N(c1cc([N+](=O)[O-])ccc1C)S(C)(=O)=O. The Morgan fingerprint density at radius 2 is 1.93 bits per heavy atom. The number of nitrogens with zero attached hydrogens (tertiary/aromatic N) is 2. The second kappa shape index (κ2) is 8.91. The van der Waals surface area contributed by atoms with E-state index in [1.807, 2.05) is 0 Å². The molecule has 2 aromatic carbocycles. The van der Waals surface area contributed by atoms with Gasteiger partial charge in [0.25, 0.3) is 5.69 Å². The van der Waals surface area contributed by atoms with Crippen molar-refractivity contribution in [3.8, 4) is 5.75 Å². The number of para-hydroxylation sites is 2. The molecule has 0 aliphatic heterocycles. The number of ether oxygens (including phenoxy) is 1. The van der Waals surface area contributed by atoms with E-state index in [-0.39, 0.29) is 11.4 Å². The number of aryl methyl sites for hydroxylation is 1. The zero-order chi connectivity index (χ0) is 21.8. The molecule has 0 saturated heterocycles. The van der Waals surface area contributed by atoms with E-state index < -0.39 is 26.9 Å². The van der Waals surface area contributed by atoms with Crippen LogP contribution in [0.3, 0.4) is 0 Å². The Morgan fingerprint density at radius 1 is 1.28 bits per heavy atom. The predicted octanol–water partition coefficient (Wildman–Crippen LogP) is 3.10. The summed E-state index contributed by atoms with van der Waals surface area (Å²) in [5.41, 5.74) is 0.682. The first-order chi connectivity index (χ1) is 13.6. The van der Waals surface area contributed by atoms with Crippen LogP contribution < -0.4 is 14.4 Å². The van der Waals surface area contributed by atoms with Gasteiger partial charge in [0.05, 0.1) is 29.2 Å². The van der Waals surface area contributed by atoms with E-state index in [1.165, 1.54) is 19.1 Å². The standard InChI is InChI=1S/C19H23N3O6S/c1-5-28-18-9-7-6-8-16(18)20-19(23)14(3)21(29(4,26)27)17-12-15(22(24)25)11-10-13(17)2/h6-12,14H,5H2,1-4H3,(H,20,23)/t14-/m1/s1.